The molecule has 0 bridgehead atoms. The van der Waals surface area contributed by atoms with Gasteiger partial charge in [-0.15, -0.1) is 11.8 Å². The topological polar surface area (TPSA) is 82.9 Å². The fourth-order valence-electron chi connectivity index (χ4n) is 5.25. The summed E-state index contributed by atoms with van der Waals surface area (Å²) in [5.74, 6) is -3.55. The highest BCUT2D eigenvalue weighted by atomic mass is 32.2. The van der Waals surface area contributed by atoms with E-state index in [0.29, 0.717) is 73.4 Å². The molecule has 2 N–H and O–H groups in total. The van der Waals surface area contributed by atoms with Gasteiger partial charge in [-0.25, -0.2) is 17.6 Å². The molecular weight excluding hydrogens is 536 g/mol. The molecule has 1 fully saturated rings. The quantitative estimate of drug-likeness (QED) is 0.219. The van der Waals surface area contributed by atoms with E-state index in [0.717, 1.165) is 18.0 Å². The van der Waals surface area contributed by atoms with E-state index in [-0.39, 0.29) is 23.3 Å². The number of aliphatic hydroxyl groups excluding tert-OH is 1. The molecule has 0 aliphatic carbocycles. The maximum Gasteiger partial charge on any atom is 0.303 e. The smallest absolute Gasteiger partial charge is 0.303 e. The number of piperidine rings is 1. The molecule has 0 radical (unpaired) electrons. The molecule has 1 saturated heterocycles. The van der Waals surface area contributed by atoms with E-state index in [4.69, 9.17) is 4.74 Å². The predicted octanol–water partition coefficient (Wildman–Crippen LogP) is 5.96. The number of hydrogen-bond acceptors (Lipinski definition) is 6. The number of aliphatic carboxylic acids is 1. The number of pyridine rings is 1. The summed E-state index contributed by atoms with van der Waals surface area (Å²) < 4.78 is 61.0. The van der Waals surface area contributed by atoms with Crippen LogP contribution in [-0.2, 0) is 4.79 Å². The first-order valence-electron chi connectivity index (χ1n) is 12.6. The average molecular weight is 567 g/mol. The summed E-state index contributed by atoms with van der Waals surface area (Å²) >= 11 is 0.968. The molecule has 4 rings (SSSR count). The van der Waals surface area contributed by atoms with Crippen molar-refractivity contribution in [2.75, 3.05) is 32.5 Å². The van der Waals surface area contributed by atoms with Crippen molar-refractivity contribution in [3.05, 3.63) is 65.4 Å². The second kappa shape index (κ2) is 12.5. The number of likely N-dealkylation sites (tertiary alicyclic amines) is 1. The molecule has 2 heterocycles. The Hall–Kier alpha value is -2.89. The number of aliphatic hydroxyl groups is 1. The monoisotopic (exact) mass is 566 g/mol. The molecule has 1 unspecified atom stereocenters. The summed E-state index contributed by atoms with van der Waals surface area (Å²) in [5, 5.41) is 21.1. The van der Waals surface area contributed by atoms with Gasteiger partial charge < -0.3 is 19.8 Å². The molecule has 1 atom stereocenters. The van der Waals surface area contributed by atoms with Crippen molar-refractivity contribution in [1.29, 1.82) is 0 Å². The second-order valence-corrected chi connectivity index (χ2v) is 11.0. The van der Waals surface area contributed by atoms with Gasteiger partial charge in [0.25, 0.3) is 0 Å². The molecule has 1 aromatic heterocycles. The third kappa shape index (κ3) is 7.01. The van der Waals surface area contributed by atoms with E-state index in [1.165, 1.54) is 7.11 Å². The molecule has 3 aromatic rings. The molecule has 1 aliphatic rings. The number of carboxylic acids is 1. The lowest BCUT2D eigenvalue weighted by atomic mass is 9.71. The third-order valence-corrected chi connectivity index (χ3v) is 8.47. The molecule has 39 heavy (non-hydrogen) atoms. The molecule has 0 spiro atoms. The van der Waals surface area contributed by atoms with Gasteiger partial charge in [0.15, 0.2) is 0 Å². The zero-order chi connectivity index (χ0) is 28.2. The van der Waals surface area contributed by atoms with E-state index in [1.54, 1.807) is 18.2 Å². The van der Waals surface area contributed by atoms with Crippen LogP contribution in [0.3, 0.4) is 0 Å². The number of halogens is 4. The molecule has 1 aliphatic heterocycles. The Morgan fingerprint density at radius 2 is 1.82 bits per heavy atom. The Balaban J connectivity index is 1.39. The summed E-state index contributed by atoms with van der Waals surface area (Å²) in [4.78, 5) is 17.7. The van der Waals surface area contributed by atoms with Gasteiger partial charge in [0.2, 0.25) is 0 Å². The first-order chi connectivity index (χ1) is 18.6. The Kier molecular flexibility index (Phi) is 9.35. The van der Waals surface area contributed by atoms with E-state index in [2.05, 4.69) is 9.88 Å². The lowest BCUT2D eigenvalue weighted by Gasteiger charge is -2.41. The van der Waals surface area contributed by atoms with Crippen molar-refractivity contribution in [3.8, 4) is 5.75 Å². The number of methoxy groups -OCH3 is 1. The maximum atomic E-state index is 14.8. The van der Waals surface area contributed by atoms with Crippen LogP contribution < -0.4 is 4.74 Å². The number of fused-ring (bicyclic) bond motifs is 1. The second-order valence-electron chi connectivity index (χ2n) is 9.92. The zero-order valence-corrected chi connectivity index (χ0v) is 22.2. The normalized spacial score (nSPS) is 16.4. The molecule has 0 amide bonds. The van der Waals surface area contributed by atoms with E-state index >= 15 is 0 Å². The highest BCUT2D eigenvalue weighted by molar-refractivity contribution is 7.99. The first-order valence-corrected chi connectivity index (χ1v) is 13.6. The van der Waals surface area contributed by atoms with Crippen LogP contribution in [0.1, 0.15) is 43.8 Å². The van der Waals surface area contributed by atoms with Crippen LogP contribution in [-0.4, -0.2) is 58.6 Å². The SMILES string of the molecule is COc1ccc2ncc(F)c(C(O)CCC3(CC(=O)O)CCN(CCSc4c(F)cc(F)cc4F)CC3)c2c1. The highest BCUT2D eigenvalue weighted by Gasteiger charge is 2.37. The standard InChI is InChI=1S/C28H30F4N2O4S/c1-38-18-2-3-23-19(14-18)26(22(32)16-33-23)24(35)4-5-28(15-25(36)37)6-8-34(9-7-28)10-11-39-27-20(30)12-17(29)13-21(27)31/h2-3,12-14,16,24,35H,4-11,15H2,1H3,(H,36,37). The van der Waals surface area contributed by atoms with Crippen molar-refractivity contribution < 1.29 is 37.3 Å². The van der Waals surface area contributed by atoms with Crippen molar-refractivity contribution in [1.82, 2.24) is 9.88 Å². The number of aromatic nitrogens is 1. The number of thioether (sulfide) groups is 1. The van der Waals surface area contributed by atoms with Gasteiger partial charge in [0.05, 0.1) is 36.2 Å². The summed E-state index contributed by atoms with van der Waals surface area (Å²) in [6.45, 7) is 1.66. The molecule has 0 saturated carbocycles. The zero-order valence-electron chi connectivity index (χ0n) is 21.4. The first kappa shape index (κ1) is 29.1. The molecule has 11 heteroatoms. The Morgan fingerprint density at radius 1 is 1.13 bits per heavy atom. The van der Waals surface area contributed by atoms with E-state index < -0.39 is 40.8 Å². The predicted molar refractivity (Wildman–Crippen MR) is 140 cm³/mol. The Morgan fingerprint density at radius 3 is 2.46 bits per heavy atom. The van der Waals surface area contributed by atoms with Gasteiger partial charge in [-0.2, -0.15) is 0 Å². The largest absolute Gasteiger partial charge is 0.497 e. The summed E-state index contributed by atoms with van der Waals surface area (Å²) in [6, 6.07) is 6.31. The minimum atomic E-state index is -1.16. The van der Waals surface area contributed by atoms with Crippen molar-refractivity contribution in [3.63, 3.8) is 0 Å². The minimum Gasteiger partial charge on any atom is -0.497 e. The molecule has 210 valence electrons. The molecule has 6 nitrogen and oxygen atoms in total. The minimum absolute atomic E-state index is 0.0816. The lowest BCUT2D eigenvalue weighted by Crippen LogP contribution is -2.42. The van der Waals surface area contributed by atoms with E-state index in [9.17, 15) is 32.6 Å². The van der Waals surface area contributed by atoms with Crippen LogP contribution in [0.5, 0.6) is 5.75 Å². The third-order valence-electron chi connectivity index (χ3n) is 7.41. The van der Waals surface area contributed by atoms with Gasteiger partial charge in [-0.05, 0) is 62.4 Å². The number of hydrogen-bond donors (Lipinski definition) is 2. The van der Waals surface area contributed by atoms with Crippen LogP contribution in [0, 0.1) is 28.7 Å². The summed E-state index contributed by atoms with van der Waals surface area (Å²) in [5.41, 5.74) is 0.0417. The Labute approximate surface area is 228 Å². The number of rotatable bonds is 11. The maximum absolute atomic E-state index is 14.8. The van der Waals surface area contributed by atoms with Crippen LogP contribution in [0.4, 0.5) is 17.6 Å². The number of nitrogens with zero attached hydrogens (tertiary/aromatic N) is 2. The number of carbonyl (C=O) groups is 1. The van der Waals surface area contributed by atoms with Crippen molar-refractivity contribution >= 4 is 28.6 Å². The van der Waals surface area contributed by atoms with Crippen LogP contribution in [0.15, 0.2) is 41.4 Å². The van der Waals surface area contributed by atoms with Crippen molar-refractivity contribution in [2.24, 2.45) is 5.41 Å². The van der Waals surface area contributed by atoms with Gasteiger partial charge in [-0.1, -0.05) is 0 Å². The summed E-state index contributed by atoms with van der Waals surface area (Å²) in [6.07, 6.45) is 1.46. The lowest BCUT2D eigenvalue weighted by molar-refractivity contribution is -0.141. The van der Waals surface area contributed by atoms with Crippen LogP contribution in [0.25, 0.3) is 10.9 Å². The fraction of sp³-hybridized carbons (Fsp3) is 0.429. The molecule has 2 aromatic carbocycles. The Bertz CT molecular complexity index is 1310. The van der Waals surface area contributed by atoms with Crippen LogP contribution in [0.2, 0.25) is 0 Å². The average Bonchev–Trinajstić information content (AvgIpc) is 2.89. The number of benzene rings is 2. The summed E-state index contributed by atoms with van der Waals surface area (Å²) in [7, 11) is 1.49. The van der Waals surface area contributed by atoms with Crippen molar-refractivity contribution in [2.45, 2.75) is 43.1 Å². The fourth-order valence-corrected chi connectivity index (χ4v) is 6.20. The van der Waals surface area contributed by atoms with Gasteiger partial charge >= 0.3 is 5.97 Å². The van der Waals surface area contributed by atoms with Gasteiger partial charge in [0.1, 0.15) is 29.0 Å². The van der Waals surface area contributed by atoms with Gasteiger partial charge in [0, 0.05) is 35.4 Å². The van der Waals surface area contributed by atoms with Gasteiger partial charge in [-0.3, -0.25) is 9.78 Å². The highest BCUT2D eigenvalue weighted by Crippen LogP contribution is 2.42. The van der Waals surface area contributed by atoms with E-state index in [1.807, 2.05) is 0 Å². The number of carboxylic acid groups (broad SMARTS) is 1. The number of ether oxygens (including phenoxy) is 1. The van der Waals surface area contributed by atoms with Crippen LogP contribution >= 0.6 is 11.8 Å². The molecular formula is C28H30F4N2O4S.